The highest BCUT2D eigenvalue weighted by molar-refractivity contribution is 5.84. The maximum absolute atomic E-state index is 11.9. The molecule has 2 aromatic carbocycles. The van der Waals surface area contributed by atoms with Gasteiger partial charge in [0, 0.05) is 5.92 Å². The molecule has 0 aliphatic heterocycles. The van der Waals surface area contributed by atoms with Gasteiger partial charge in [-0.1, -0.05) is 82.3 Å². The third kappa shape index (κ3) is 4.83. The highest BCUT2D eigenvalue weighted by Crippen LogP contribution is 2.47. The number of carboxylic acids is 1. The number of carbonyl (C=O) groups is 2. The van der Waals surface area contributed by atoms with E-state index in [1.807, 2.05) is 24.3 Å². The molecule has 2 aliphatic rings. The topological polar surface area (TPSA) is 72.8 Å². The number of ether oxygens (including phenoxy) is 2. The third-order valence-corrected chi connectivity index (χ3v) is 7.55. The first-order valence-electron chi connectivity index (χ1n) is 12.1. The smallest absolute Gasteiger partial charge is 0.344 e. The van der Waals surface area contributed by atoms with Gasteiger partial charge in [-0.2, -0.15) is 0 Å². The fourth-order valence-electron chi connectivity index (χ4n) is 5.07. The standard InChI is InChI=1S/C30H34O5/c1-28(2)15-16-29(3,4)25-18-23(9-10-24(25)28)22-8-6-7-21(17-22)20-11-13-30(14-12-20,27(32)33)35-19-26(31)34-5/h6-14,17-18,20H,15-16,19H2,1-5H3,(H,32,33). The molecular weight excluding hydrogens is 440 g/mol. The first kappa shape index (κ1) is 24.9. The van der Waals surface area contributed by atoms with E-state index in [1.165, 1.54) is 42.4 Å². The Balaban J connectivity index is 1.61. The lowest BCUT2D eigenvalue weighted by molar-refractivity contribution is -0.161. The summed E-state index contributed by atoms with van der Waals surface area (Å²) in [7, 11) is 1.24. The van der Waals surface area contributed by atoms with Gasteiger partial charge in [0.15, 0.2) is 0 Å². The van der Waals surface area contributed by atoms with E-state index in [4.69, 9.17) is 4.74 Å². The number of aliphatic carboxylic acids is 1. The number of allylic oxidation sites excluding steroid dienone is 2. The van der Waals surface area contributed by atoms with Gasteiger partial charge in [-0.05, 0) is 63.6 Å². The molecule has 0 heterocycles. The van der Waals surface area contributed by atoms with E-state index in [9.17, 15) is 14.7 Å². The minimum atomic E-state index is -1.68. The highest BCUT2D eigenvalue weighted by atomic mass is 16.6. The van der Waals surface area contributed by atoms with Gasteiger partial charge in [0.1, 0.15) is 6.61 Å². The van der Waals surface area contributed by atoms with Crippen molar-refractivity contribution in [2.75, 3.05) is 13.7 Å². The first-order chi connectivity index (χ1) is 16.5. The second-order valence-electron chi connectivity index (χ2n) is 10.9. The fourth-order valence-corrected chi connectivity index (χ4v) is 5.07. The Bertz CT molecular complexity index is 1190. The van der Waals surface area contributed by atoms with Crippen molar-refractivity contribution in [2.45, 2.75) is 62.9 Å². The summed E-state index contributed by atoms with van der Waals surface area (Å²) in [5.74, 6) is -1.91. The quantitative estimate of drug-likeness (QED) is 0.415. The molecule has 5 heteroatoms. The van der Waals surface area contributed by atoms with Crippen molar-refractivity contribution in [3.05, 3.63) is 83.5 Å². The summed E-state index contributed by atoms with van der Waals surface area (Å²) in [5.41, 5.74) is 4.85. The van der Waals surface area contributed by atoms with E-state index in [1.54, 1.807) is 0 Å². The normalized spacial score (nSPS) is 24.0. The van der Waals surface area contributed by atoms with Crippen LogP contribution < -0.4 is 0 Å². The van der Waals surface area contributed by atoms with Crippen LogP contribution in [0.5, 0.6) is 0 Å². The average Bonchev–Trinajstić information content (AvgIpc) is 2.85. The van der Waals surface area contributed by atoms with E-state index < -0.39 is 24.1 Å². The number of esters is 1. The molecule has 0 fully saturated rings. The summed E-state index contributed by atoms with van der Waals surface area (Å²) in [6.07, 6.45) is 8.96. The van der Waals surface area contributed by atoms with Crippen molar-refractivity contribution in [2.24, 2.45) is 0 Å². The number of carbonyl (C=O) groups excluding carboxylic acids is 1. The Hall–Kier alpha value is -3.18. The maximum Gasteiger partial charge on any atom is 0.344 e. The van der Waals surface area contributed by atoms with Crippen LogP contribution in [0.25, 0.3) is 11.1 Å². The van der Waals surface area contributed by atoms with E-state index in [-0.39, 0.29) is 16.7 Å². The number of methoxy groups -OCH3 is 1. The maximum atomic E-state index is 11.9. The number of hydrogen-bond acceptors (Lipinski definition) is 4. The molecule has 0 radical (unpaired) electrons. The number of fused-ring (bicyclic) bond motifs is 1. The Kier molecular flexibility index (Phi) is 6.50. The van der Waals surface area contributed by atoms with Crippen molar-refractivity contribution in [1.29, 1.82) is 0 Å². The Labute approximate surface area is 207 Å². The van der Waals surface area contributed by atoms with E-state index in [0.29, 0.717) is 0 Å². The molecule has 0 amide bonds. The molecule has 2 aliphatic carbocycles. The number of rotatable bonds is 6. The van der Waals surface area contributed by atoms with Crippen LogP contribution in [0.4, 0.5) is 0 Å². The van der Waals surface area contributed by atoms with Crippen LogP contribution in [0.1, 0.15) is 63.1 Å². The average molecular weight is 475 g/mol. The molecule has 0 saturated carbocycles. The largest absolute Gasteiger partial charge is 0.479 e. The van der Waals surface area contributed by atoms with Gasteiger partial charge >= 0.3 is 11.9 Å². The van der Waals surface area contributed by atoms with Crippen molar-refractivity contribution >= 4 is 11.9 Å². The summed E-state index contributed by atoms with van der Waals surface area (Å²) in [5, 5.41) is 9.72. The summed E-state index contributed by atoms with van der Waals surface area (Å²) in [6.45, 7) is 8.87. The number of carboxylic acid groups (broad SMARTS) is 1. The molecule has 0 aromatic heterocycles. The van der Waals surface area contributed by atoms with Crippen LogP contribution in [0, 0.1) is 0 Å². The predicted octanol–water partition coefficient (Wildman–Crippen LogP) is 5.93. The molecule has 0 atom stereocenters. The Morgan fingerprint density at radius 3 is 2.17 bits per heavy atom. The highest BCUT2D eigenvalue weighted by Gasteiger charge is 2.38. The second kappa shape index (κ2) is 9.12. The molecular formula is C30H34O5. The first-order valence-corrected chi connectivity index (χ1v) is 12.1. The van der Waals surface area contributed by atoms with Crippen molar-refractivity contribution in [3.63, 3.8) is 0 Å². The zero-order chi connectivity index (χ0) is 25.4. The fraction of sp³-hybridized carbons (Fsp3) is 0.400. The van der Waals surface area contributed by atoms with Gasteiger partial charge in [-0.3, -0.25) is 0 Å². The summed E-state index contributed by atoms with van der Waals surface area (Å²) in [6, 6.07) is 15.2. The lowest BCUT2D eigenvalue weighted by Gasteiger charge is -2.42. The number of benzene rings is 2. The molecule has 35 heavy (non-hydrogen) atoms. The van der Waals surface area contributed by atoms with Crippen LogP contribution in [0.2, 0.25) is 0 Å². The molecule has 0 saturated heterocycles. The van der Waals surface area contributed by atoms with Gasteiger partial charge < -0.3 is 14.6 Å². The molecule has 1 N–H and O–H groups in total. The SMILES string of the molecule is COC(=O)COC1(C(=O)O)C=CC(c2cccc(-c3ccc4c(c3)C(C)(C)CCC4(C)C)c2)C=C1. The van der Waals surface area contributed by atoms with Gasteiger partial charge in [0.2, 0.25) is 5.60 Å². The predicted molar refractivity (Wildman–Crippen MR) is 137 cm³/mol. The lowest BCUT2D eigenvalue weighted by atomic mass is 9.63. The molecule has 0 spiro atoms. The molecule has 184 valence electrons. The van der Waals surface area contributed by atoms with Crippen molar-refractivity contribution < 1.29 is 24.2 Å². The molecule has 2 aromatic rings. The molecule has 0 unspecified atom stereocenters. The zero-order valence-electron chi connectivity index (χ0n) is 21.1. The Morgan fingerprint density at radius 1 is 0.914 bits per heavy atom. The van der Waals surface area contributed by atoms with Gasteiger partial charge in [-0.25, -0.2) is 9.59 Å². The van der Waals surface area contributed by atoms with E-state index in [2.05, 4.69) is 62.8 Å². The van der Waals surface area contributed by atoms with E-state index in [0.717, 1.165) is 17.5 Å². The van der Waals surface area contributed by atoms with Crippen molar-refractivity contribution in [3.8, 4) is 11.1 Å². The Morgan fingerprint density at radius 2 is 1.54 bits per heavy atom. The summed E-state index contributed by atoms with van der Waals surface area (Å²) >= 11 is 0. The monoisotopic (exact) mass is 474 g/mol. The van der Waals surface area contributed by atoms with Crippen LogP contribution in [-0.4, -0.2) is 36.4 Å². The van der Waals surface area contributed by atoms with Crippen LogP contribution >= 0.6 is 0 Å². The van der Waals surface area contributed by atoms with Crippen molar-refractivity contribution in [1.82, 2.24) is 0 Å². The van der Waals surface area contributed by atoms with Gasteiger partial charge in [-0.15, -0.1) is 0 Å². The summed E-state index contributed by atoms with van der Waals surface area (Å²) in [4.78, 5) is 23.3. The van der Waals surface area contributed by atoms with E-state index >= 15 is 0 Å². The summed E-state index contributed by atoms with van der Waals surface area (Å²) < 4.78 is 9.97. The molecule has 5 nitrogen and oxygen atoms in total. The molecule has 4 rings (SSSR count). The third-order valence-electron chi connectivity index (χ3n) is 7.55. The van der Waals surface area contributed by atoms with Gasteiger partial charge in [0.25, 0.3) is 0 Å². The zero-order valence-corrected chi connectivity index (χ0v) is 21.1. The minimum Gasteiger partial charge on any atom is -0.479 e. The lowest BCUT2D eigenvalue weighted by Crippen LogP contribution is -2.40. The molecule has 0 bridgehead atoms. The van der Waals surface area contributed by atoms with Crippen LogP contribution in [0.3, 0.4) is 0 Å². The second-order valence-corrected chi connectivity index (χ2v) is 10.9. The van der Waals surface area contributed by atoms with Crippen LogP contribution in [0.15, 0.2) is 66.8 Å². The minimum absolute atomic E-state index is 0.0999. The van der Waals surface area contributed by atoms with Crippen LogP contribution in [-0.2, 0) is 29.9 Å². The number of hydrogen-bond donors (Lipinski definition) is 1. The van der Waals surface area contributed by atoms with Gasteiger partial charge in [0.05, 0.1) is 7.11 Å².